The lowest BCUT2D eigenvalue weighted by atomic mass is 10.2. The van der Waals surface area contributed by atoms with Gasteiger partial charge in [-0.3, -0.25) is 0 Å². The third-order valence-corrected chi connectivity index (χ3v) is 2.20. The van der Waals surface area contributed by atoms with Gasteiger partial charge in [-0.05, 0) is 31.0 Å². The molecule has 0 aliphatic heterocycles. The standard InChI is InChI=1S/C12H19NO/c1-4-5-8-13-11-7-6-10(2)9-12(11)14-3/h6-7,9,13H,4-5,8H2,1-3H3. The summed E-state index contributed by atoms with van der Waals surface area (Å²) in [6, 6.07) is 6.22. The fourth-order valence-electron chi connectivity index (χ4n) is 1.34. The van der Waals surface area contributed by atoms with Gasteiger partial charge < -0.3 is 10.1 Å². The summed E-state index contributed by atoms with van der Waals surface area (Å²) in [6.07, 6.45) is 2.40. The monoisotopic (exact) mass is 193 g/mol. The van der Waals surface area contributed by atoms with Crippen LogP contribution in [0.3, 0.4) is 0 Å². The quantitative estimate of drug-likeness (QED) is 0.725. The van der Waals surface area contributed by atoms with Gasteiger partial charge in [0.1, 0.15) is 5.75 Å². The summed E-state index contributed by atoms with van der Waals surface area (Å²) in [5.74, 6) is 0.932. The summed E-state index contributed by atoms with van der Waals surface area (Å²) in [4.78, 5) is 0. The molecular weight excluding hydrogens is 174 g/mol. The van der Waals surface area contributed by atoms with Crippen molar-refractivity contribution in [1.82, 2.24) is 0 Å². The van der Waals surface area contributed by atoms with Crippen molar-refractivity contribution in [2.24, 2.45) is 0 Å². The van der Waals surface area contributed by atoms with Crippen LogP contribution in [-0.2, 0) is 0 Å². The Bertz CT molecular complexity index is 284. The van der Waals surface area contributed by atoms with Crippen LogP contribution < -0.4 is 10.1 Å². The lowest BCUT2D eigenvalue weighted by Gasteiger charge is -2.11. The molecule has 0 amide bonds. The molecular formula is C12H19NO. The summed E-state index contributed by atoms with van der Waals surface area (Å²) in [6.45, 7) is 5.27. The third-order valence-electron chi connectivity index (χ3n) is 2.20. The Morgan fingerprint density at radius 1 is 1.36 bits per heavy atom. The molecule has 0 aliphatic rings. The van der Waals surface area contributed by atoms with Crippen LogP contribution in [0.5, 0.6) is 5.75 Å². The number of anilines is 1. The highest BCUT2D eigenvalue weighted by Gasteiger charge is 2.00. The van der Waals surface area contributed by atoms with Crippen LogP contribution in [0, 0.1) is 6.92 Å². The van der Waals surface area contributed by atoms with Crippen molar-refractivity contribution in [1.29, 1.82) is 0 Å². The van der Waals surface area contributed by atoms with Crippen LogP contribution in [0.25, 0.3) is 0 Å². The summed E-state index contributed by atoms with van der Waals surface area (Å²) in [5.41, 5.74) is 2.31. The lowest BCUT2D eigenvalue weighted by Crippen LogP contribution is -2.02. The maximum atomic E-state index is 5.29. The zero-order chi connectivity index (χ0) is 10.4. The number of methoxy groups -OCH3 is 1. The van der Waals surface area contributed by atoms with Gasteiger partial charge in [0.2, 0.25) is 0 Å². The maximum Gasteiger partial charge on any atom is 0.142 e. The molecule has 0 spiro atoms. The first-order valence-corrected chi connectivity index (χ1v) is 5.16. The van der Waals surface area contributed by atoms with Crippen LogP contribution in [0.4, 0.5) is 5.69 Å². The Labute approximate surface area is 86.3 Å². The SMILES string of the molecule is CCCCNc1ccc(C)cc1OC. The molecule has 2 nitrogen and oxygen atoms in total. The molecule has 0 fully saturated rings. The van der Waals surface area contributed by atoms with E-state index in [4.69, 9.17) is 4.74 Å². The van der Waals surface area contributed by atoms with Gasteiger partial charge in [-0.15, -0.1) is 0 Å². The van der Waals surface area contributed by atoms with Gasteiger partial charge in [-0.1, -0.05) is 19.4 Å². The first-order valence-electron chi connectivity index (χ1n) is 5.16. The van der Waals surface area contributed by atoms with E-state index in [9.17, 15) is 0 Å². The zero-order valence-corrected chi connectivity index (χ0v) is 9.26. The van der Waals surface area contributed by atoms with Crippen molar-refractivity contribution in [3.8, 4) is 5.75 Å². The summed E-state index contributed by atoms with van der Waals surface area (Å²) in [5, 5.41) is 3.37. The first-order chi connectivity index (χ1) is 6.77. The van der Waals surface area contributed by atoms with Gasteiger partial charge in [0.05, 0.1) is 12.8 Å². The second-order valence-corrected chi connectivity index (χ2v) is 3.48. The fraction of sp³-hybridized carbons (Fsp3) is 0.500. The molecule has 78 valence electrons. The van der Waals surface area contributed by atoms with Crippen LogP contribution in [0.1, 0.15) is 25.3 Å². The molecule has 2 heteroatoms. The largest absolute Gasteiger partial charge is 0.495 e. The molecule has 1 N–H and O–H groups in total. The van der Waals surface area contributed by atoms with Gasteiger partial charge in [0, 0.05) is 6.54 Å². The minimum absolute atomic E-state index is 0.932. The zero-order valence-electron chi connectivity index (χ0n) is 9.26. The van der Waals surface area contributed by atoms with Gasteiger partial charge in [0.15, 0.2) is 0 Å². The second-order valence-electron chi connectivity index (χ2n) is 3.48. The minimum Gasteiger partial charge on any atom is -0.495 e. The molecule has 1 rings (SSSR count). The van der Waals surface area contributed by atoms with Gasteiger partial charge >= 0.3 is 0 Å². The van der Waals surface area contributed by atoms with Gasteiger partial charge in [0.25, 0.3) is 0 Å². The number of ether oxygens (including phenoxy) is 1. The molecule has 0 aromatic heterocycles. The number of nitrogens with one attached hydrogen (secondary N) is 1. The number of hydrogen-bond acceptors (Lipinski definition) is 2. The number of hydrogen-bond donors (Lipinski definition) is 1. The van der Waals surface area contributed by atoms with Crippen LogP contribution in [0.2, 0.25) is 0 Å². The van der Waals surface area contributed by atoms with E-state index in [2.05, 4.69) is 31.3 Å². The van der Waals surface area contributed by atoms with E-state index < -0.39 is 0 Å². The highest BCUT2D eigenvalue weighted by Crippen LogP contribution is 2.24. The Kier molecular flexibility index (Phi) is 4.30. The average Bonchev–Trinajstić information content (AvgIpc) is 2.20. The van der Waals surface area contributed by atoms with E-state index in [0.717, 1.165) is 18.0 Å². The van der Waals surface area contributed by atoms with Crippen molar-refractivity contribution in [3.05, 3.63) is 23.8 Å². The molecule has 0 heterocycles. The second kappa shape index (κ2) is 5.53. The Balaban J connectivity index is 2.65. The van der Waals surface area contributed by atoms with Crippen molar-refractivity contribution in [2.75, 3.05) is 19.0 Å². The van der Waals surface area contributed by atoms with E-state index in [-0.39, 0.29) is 0 Å². The lowest BCUT2D eigenvalue weighted by molar-refractivity contribution is 0.416. The van der Waals surface area contributed by atoms with E-state index in [1.54, 1.807) is 7.11 Å². The molecule has 0 saturated heterocycles. The number of benzene rings is 1. The highest BCUT2D eigenvalue weighted by molar-refractivity contribution is 5.57. The van der Waals surface area contributed by atoms with Crippen LogP contribution in [-0.4, -0.2) is 13.7 Å². The minimum atomic E-state index is 0.932. The van der Waals surface area contributed by atoms with Crippen molar-refractivity contribution >= 4 is 5.69 Å². The molecule has 0 unspecified atom stereocenters. The molecule has 0 aliphatic carbocycles. The van der Waals surface area contributed by atoms with Crippen molar-refractivity contribution in [3.63, 3.8) is 0 Å². The topological polar surface area (TPSA) is 21.3 Å². The van der Waals surface area contributed by atoms with Gasteiger partial charge in [-0.25, -0.2) is 0 Å². The van der Waals surface area contributed by atoms with E-state index in [1.807, 2.05) is 6.07 Å². The first kappa shape index (κ1) is 10.9. The summed E-state index contributed by atoms with van der Waals surface area (Å²) in [7, 11) is 1.71. The molecule has 0 saturated carbocycles. The Morgan fingerprint density at radius 3 is 2.79 bits per heavy atom. The summed E-state index contributed by atoms with van der Waals surface area (Å²) >= 11 is 0. The van der Waals surface area contributed by atoms with Gasteiger partial charge in [-0.2, -0.15) is 0 Å². The Hall–Kier alpha value is -1.18. The summed E-state index contributed by atoms with van der Waals surface area (Å²) < 4.78 is 5.29. The molecule has 0 bridgehead atoms. The smallest absolute Gasteiger partial charge is 0.142 e. The van der Waals surface area contributed by atoms with Crippen molar-refractivity contribution in [2.45, 2.75) is 26.7 Å². The molecule has 14 heavy (non-hydrogen) atoms. The average molecular weight is 193 g/mol. The maximum absolute atomic E-state index is 5.29. The number of aryl methyl sites for hydroxylation is 1. The Morgan fingerprint density at radius 2 is 2.14 bits per heavy atom. The highest BCUT2D eigenvalue weighted by atomic mass is 16.5. The van der Waals surface area contributed by atoms with E-state index >= 15 is 0 Å². The van der Waals surface area contributed by atoms with Crippen LogP contribution >= 0.6 is 0 Å². The van der Waals surface area contributed by atoms with E-state index in [0.29, 0.717) is 0 Å². The normalized spacial score (nSPS) is 9.93. The number of unbranched alkanes of at least 4 members (excludes halogenated alkanes) is 1. The number of rotatable bonds is 5. The van der Waals surface area contributed by atoms with Crippen molar-refractivity contribution < 1.29 is 4.74 Å². The third kappa shape index (κ3) is 2.95. The predicted octanol–water partition coefficient (Wildman–Crippen LogP) is 3.22. The predicted molar refractivity (Wildman–Crippen MR) is 61.1 cm³/mol. The van der Waals surface area contributed by atoms with E-state index in [1.165, 1.54) is 18.4 Å². The molecule has 0 radical (unpaired) electrons. The fourth-order valence-corrected chi connectivity index (χ4v) is 1.34. The van der Waals surface area contributed by atoms with Crippen LogP contribution in [0.15, 0.2) is 18.2 Å². The molecule has 0 atom stereocenters. The molecule has 1 aromatic rings. The molecule has 1 aromatic carbocycles.